The summed E-state index contributed by atoms with van der Waals surface area (Å²) in [6.45, 7) is 6.26. The molecule has 1 heterocycles. The van der Waals surface area contributed by atoms with Crippen molar-refractivity contribution in [2.45, 2.75) is 27.4 Å². The Labute approximate surface area is 215 Å². The number of rotatable bonds is 9. The number of nitrogens with zero attached hydrogens (tertiary/aromatic N) is 1. The van der Waals surface area contributed by atoms with Crippen LogP contribution in [0.15, 0.2) is 72.4 Å². The SMILES string of the molecule is CCOc1cc(/C=C2/NC(=O)N(CC(=O)Nc3ccc(C)cc3)C2=O)ccc1OCc1ccc(C)cc1. The molecule has 0 atom stereocenters. The van der Waals surface area contributed by atoms with Gasteiger partial charge >= 0.3 is 6.03 Å². The Kier molecular flexibility index (Phi) is 7.88. The highest BCUT2D eigenvalue weighted by atomic mass is 16.5. The van der Waals surface area contributed by atoms with E-state index in [0.29, 0.717) is 36.0 Å². The average Bonchev–Trinajstić information content (AvgIpc) is 3.13. The number of amides is 4. The molecular weight excluding hydrogens is 470 g/mol. The van der Waals surface area contributed by atoms with Gasteiger partial charge in [-0.15, -0.1) is 0 Å². The monoisotopic (exact) mass is 499 g/mol. The molecule has 2 N–H and O–H groups in total. The fraction of sp³-hybridized carbons (Fsp3) is 0.207. The van der Waals surface area contributed by atoms with Crippen LogP contribution >= 0.6 is 0 Å². The highest BCUT2D eigenvalue weighted by molar-refractivity contribution is 6.16. The number of nitrogens with one attached hydrogen (secondary N) is 2. The van der Waals surface area contributed by atoms with Gasteiger partial charge in [0.15, 0.2) is 11.5 Å². The van der Waals surface area contributed by atoms with Gasteiger partial charge in [-0.1, -0.05) is 53.6 Å². The zero-order valence-corrected chi connectivity index (χ0v) is 21.0. The number of hydrogen-bond acceptors (Lipinski definition) is 5. The molecule has 3 aromatic rings. The summed E-state index contributed by atoms with van der Waals surface area (Å²) >= 11 is 0. The summed E-state index contributed by atoms with van der Waals surface area (Å²) in [7, 11) is 0. The molecule has 0 unspecified atom stereocenters. The van der Waals surface area contributed by atoms with Gasteiger partial charge in [-0.3, -0.25) is 9.59 Å². The molecular formula is C29H29N3O5. The molecule has 4 amide bonds. The van der Waals surface area contributed by atoms with E-state index < -0.39 is 24.4 Å². The molecule has 1 fully saturated rings. The van der Waals surface area contributed by atoms with Gasteiger partial charge in [0.25, 0.3) is 5.91 Å². The van der Waals surface area contributed by atoms with Crippen molar-refractivity contribution in [3.63, 3.8) is 0 Å². The molecule has 0 saturated carbocycles. The van der Waals surface area contributed by atoms with Crippen LogP contribution in [0.4, 0.5) is 10.5 Å². The second-order valence-electron chi connectivity index (χ2n) is 8.71. The van der Waals surface area contributed by atoms with E-state index in [-0.39, 0.29) is 5.70 Å². The maximum atomic E-state index is 12.9. The first kappa shape index (κ1) is 25.5. The van der Waals surface area contributed by atoms with Crippen LogP contribution in [-0.2, 0) is 16.2 Å². The average molecular weight is 500 g/mol. The van der Waals surface area contributed by atoms with Crippen LogP contribution in [0.1, 0.15) is 29.2 Å². The number of carbonyl (C=O) groups is 3. The molecule has 1 aliphatic heterocycles. The van der Waals surface area contributed by atoms with Crippen LogP contribution in [0.2, 0.25) is 0 Å². The molecule has 1 saturated heterocycles. The van der Waals surface area contributed by atoms with E-state index in [9.17, 15) is 14.4 Å². The minimum Gasteiger partial charge on any atom is -0.490 e. The van der Waals surface area contributed by atoms with Gasteiger partial charge in [0.05, 0.1) is 6.61 Å². The lowest BCUT2D eigenvalue weighted by atomic mass is 10.1. The van der Waals surface area contributed by atoms with Crippen molar-refractivity contribution in [1.82, 2.24) is 10.2 Å². The van der Waals surface area contributed by atoms with Gasteiger partial charge in [0.2, 0.25) is 5.91 Å². The smallest absolute Gasteiger partial charge is 0.329 e. The highest BCUT2D eigenvalue weighted by Gasteiger charge is 2.35. The Morgan fingerprint density at radius 3 is 2.27 bits per heavy atom. The summed E-state index contributed by atoms with van der Waals surface area (Å²) in [5.74, 6) is 0.0415. The number of urea groups is 1. The molecule has 8 heteroatoms. The number of anilines is 1. The van der Waals surface area contributed by atoms with E-state index in [2.05, 4.69) is 10.6 Å². The third-order valence-corrected chi connectivity index (χ3v) is 5.69. The van der Waals surface area contributed by atoms with Gasteiger partial charge in [-0.05, 0) is 62.2 Å². The molecule has 3 aromatic carbocycles. The molecule has 4 rings (SSSR count). The number of imide groups is 1. The van der Waals surface area contributed by atoms with Gasteiger partial charge in [0.1, 0.15) is 18.8 Å². The molecule has 1 aliphatic rings. The van der Waals surface area contributed by atoms with E-state index in [1.165, 1.54) is 5.56 Å². The third-order valence-electron chi connectivity index (χ3n) is 5.69. The summed E-state index contributed by atoms with van der Waals surface area (Å²) in [5, 5.41) is 5.24. The molecule has 8 nitrogen and oxygen atoms in total. The molecule has 0 bridgehead atoms. The second-order valence-corrected chi connectivity index (χ2v) is 8.71. The van der Waals surface area contributed by atoms with Gasteiger partial charge in [-0.25, -0.2) is 9.69 Å². The fourth-order valence-electron chi connectivity index (χ4n) is 3.71. The van der Waals surface area contributed by atoms with Crippen molar-refractivity contribution in [1.29, 1.82) is 0 Å². The fourth-order valence-corrected chi connectivity index (χ4v) is 3.71. The summed E-state index contributed by atoms with van der Waals surface area (Å²) in [5.41, 5.74) is 4.57. The van der Waals surface area contributed by atoms with Crippen LogP contribution in [0, 0.1) is 13.8 Å². The lowest BCUT2D eigenvalue weighted by Crippen LogP contribution is -2.38. The van der Waals surface area contributed by atoms with Crippen molar-refractivity contribution in [3.05, 3.63) is 94.7 Å². The first-order valence-corrected chi connectivity index (χ1v) is 12.0. The van der Waals surface area contributed by atoms with Gasteiger partial charge in [-0.2, -0.15) is 0 Å². The predicted octanol–water partition coefficient (Wildman–Crippen LogP) is 4.81. The molecule has 0 aliphatic carbocycles. The maximum Gasteiger partial charge on any atom is 0.329 e. The standard InChI is InChI=1S/C29H29N3O5/c1-4-36-26-16-22(11-14-25(26)37-18-21-9-5-19(2)6-10-21)15-24-28(34)32(29(35)31-24)17-27(33)30-23-12-7-20(3)8-13-23/h5-16H,4,17-18H2,1-3H3,(H,30,33)(H,31,35)/b24-15+. The number of aryl methyl sites for hydroxylation is 2. The van der Waals surface area contributed by atoms with Crippen molar-refractivity contribution in [2.24, 2.45) is 0 Å². The quantitative estimate of drug-likeness (QED) is 0.325. The molecule has 37 heavy (non-hydrogen) atoms. The first-order chi connectivity index (χ1) is 17.8. The zero-order valence-electron chi connectivity index (χ0n) is 21.0. The van der Waals surface area contributed by atoms with E-state index >= 15 is 0 Å². The molecule has 190 valence electrons. The Balaban J connectivity index is 1.44. The van der Waals surface area contributed by atoms with Crippen molar-refractivity contribution < 1.29 is 23.9 Å². The predicted molar refractivity (Wildman–Crippen MR) is 141 cm³/mol. The highest BCUT2D eigenvalue weighted by Crippen LogP contribution is 2.30. The largest absolute Gasteiger partial charge is 0.490 e. The van der Waals surface area contributed by atoms with Gasteiger partial charge < -0.3 is 20.1 Å². The number of benzene rings is 3. The number of ether oxygens (including phenoxy) is 2. The summed E-state index contributed by atoms with van der Waals surface area (Å²) < 4.78 is 11.7. The lowest BCUT2D eigenvalue weighted by Gasteiger charge is -2.13. The Morgan fingerprint density at radius 2 is 1.59 bits per heavy atom. The maximum absolute atomic E-state index is 12.9. The van der Waals surface area contributed by atoms with Crippen LogP contribution in [-0.4, -0.2) is 35.9 Å². The zero-order chi connectivity index (χ0) is 26.4. The van der Waals surface area contributed by atoms with E-state index in [0.717, 1.165) is 16.0 Å². The van der Waals surface area contributed by atoms with E-state index in [1.807, 2.05) is 57.2 Å². The third kappa shape index (κ3) is 6.55. The van der Waals surface area contributed by atoms with E-state index in [4.69, 9.17) is 9.47 Å². The van der Waals surface area contributed by atoms with Crippen molar-refractivity contribution in [2.75, 3.05) is 18.5 Å². The molecule has 0 radical (unpaired) electrons. The summed E-state index contributed by atoms with van der Waals surface area (Å²) in [6.07, 6.45) is 1.55. The van der Waals surface area contributed by atoms with Crippen LogP contribution in [0.3, 0.4) is 0 Å². The lowest BCUT2D eigenvalue weighted by molar-refractivity contribution is -0.127. The normalized spacial score (nSPS) is 14.0. The number of carbonyl (C=O) groups excluding carboxylic acids is 3. The minimum atomic E-state index is -0.654. The Bertz CT molecular complexity index is 1330. The summed E-state index contributed by atoms with van der Waals surface area (Å²) in [6, 6.07) is 19.9. The number of hydrogen-bond donors (Lipinski definition) is 2. The van der Waals surface area contributed by atoms with Crippen molar-refractivity contribution >= 4 is 29.6 Å². The minimum absolute atomic E-state index is 0.0731. The van der Waals surface area contributed by atoms with Gasteiger partial charge in [0, 0.05) is 5.69 Å². The second kappa shape index (κ2) is 11.4. The summed E-state index contributed by atoms with van der Waals surface area (Å²) in [4.78, 5) is 38.5. The van der Waals surface area contributed by atoms with Crippen LogP contribution < -0.4 is 20.1 Å². The Hall–Kier alpha value is -4.59. The molecule has 0 spiro atoms. The topological polar surface area (TPSA) is 97.0 Å². The van der Waals surface area contributed by atoms with Crippen LogP contribution in [0.5, 0.6) is 11.5 Å². The first-order valence-electron chi connectivity index (χ1n) is 12.0. The van der Waals surface area contributed by atoms with Crippen LogP contribution in [0.25, 0.3) is 6.08 Å². The molecule has 0 aromatic heterocycles. The van der Waals surface area contributed by atoms with Crippen molar-refractivity contribution in [3.8, 4) is 11.5 Å². The Morgan fingerprint density at radius 1 is 0.919 bits per heavy atom. The van der Waals surface area contributed by atoms with E-state index in [1.54, 1.807) is 36.4 Å².